The highest BCUT2D eigenvalue weighted by Crippen LogP contribution is 2.27. The highest BCUT2D eigenvalue weighted by atomic mass is 32.2. The number of aliphatic hydroxyl groups excluding tert-OH is 1. The van der Waals surface area contributed by atoms with Gasteiger partial charge in [0, 0.05) is 12.1 Å². The Hall–Kier alpha value is -2.02. The Morgan fingerprint density at radius 1 is 1.17 bits per heavy atom. The summed E-state index contributed by atoms with van der Waals surface area (Å²) >= 11 is 0. The minimum atomic E-state index is -4.43. The Balaban J connectivity index is 2.25. The van der Waals surface area contributed by atoms with Crippen molar-refractivity contribution in [2.75, 3.05) is 23.8 Å². The van der Waals surface area contributed by atoms with Gasteiger partial charge in [-0.05, 0) is 18.2 Å². The second-order valence-electron chi connectivity index (χ2n) is 4.87. The van der Waals surface area contributed by atoms with Gasteiger partial charge in [-0.15, -0.1) is 0 Å². The predicted octanol–water partition coefficient (Wildman–Crippen LogP) is -0.485. The fraction of sp³-hybridized carbons (Fsp3) is 0.333. The zero-order valence-electron chi connectivity index (χ0n) is 12.3. The van der Waals surface area contributed by atoms with Crippen LogP contribution in [-0.4, -0.2) is 54.7 Å². The van der Waals surface area contributed by atoms with E-state index in [-0.39, 0.29) is 40.9 Å². The minimum absolute atomic E-state index is 0.0380. The monoisotopic (exact) mass is 377 g/mol. The molecule has 24 heavy (non-hydrogen) atoms. The van der Waals surface area contributed by atoms with Crippen molar-refractivity contribution in [2.24, 2.45) is 0 Å². The van der Waals surface area contributed by atoms with Crippen LogP contribution < -0.4 is 5.73 Å². The maximum Gasteiger partial charge on any atom is 0.294 e. The van der Waals surface area contributed by atoms with E-state index < -0.39 is 31.5 Å². The maximum atomic E-state index is 11.5. The summed E-state index contributed by atoms with van der Waals surface area (Å²) in [5, 5.41) is 12.3. The Bertz CT molecular complexity index is 935. The van der Waals surface area contributed by atoms with Crippen molar-refractivity contribution in [1.82, 2.24) is 10.1 Å². The van der Waals surface area contributed by atoms with Crippen LogP contribution in [0.5, 0.6) is 0 Å². The van der Waals surface area contributed by atoms with Crippen LogP contribution in [-0.2, 0) is 26.4 Å². The Kier molecular flexibility index (Phi) is 5.22. The lowest BCUT2D eigenvalue weighted by atomic mass is 10.2. The predicted molar refractivity (Wildman–Crippen MR) is 83.4 cm³/mol. The van der Waals surface area contributed by atoms with Gasteiger partial charge in [0.25, 0.3) is 16.0 Å². The van der Waals surface area contributed by atoms with Crippen LogP contribution in [0.2, 0.25) is 0 Å². The molecule has 2 aromatic rings. The van der Waals surface area contributed by atoms with Crippen molar-refractivity contribution in [3.8, 4) is 11.5 Å². The number of hydrogen-bond donors (Lipinski definition) is 3. The summed E-state index contributed by atoms with van der Waals surface area (Å²) in [6.07, 6.45) is -0.0380. The van der Waals surface area contributed by atoms with E-state index >= 15 is 0 Å². The molecule has 0 atom stereocenters. The fourth-order valence-corrected chi connectivity index (χ4v) is 3.32. The zero-order valence-corrected chi connectivity index (χ0v) is 13.9. The second kappa shape index (κ2) is 6.84. The molecule has 0 unspecified atom stereocenters. The Morgan fingerprint density at radius 2 is 1.88 bits per heavy atom. The lowest BCUT2D eigenvalue weighted by molar-refractivity contribution is 0.319. The number of aliphatic hydroxyl groups is 1. The molecular weight excluding hydrogens is 362 g/mol. The van der Waals surface area contributed by atoms with Crippen molar-refractivity contribution >= 4 is 25.6 Å². The van der Waals surface area contributed by atoms with Crippen LogP contribution in [0.4, 0.5) is 5.69 Å². The van der Waals surface area contributed by atoms with Gasteiger partial charge in [-0.3, -0.25) is 4.55 Å². The Labute approximate surface area is 138 Å². The average molecular weight is 377 g/mol. The molecule has 0 bridgehead atoms. The molecule has 0 aliphatic heterocycles. The number of anilines is 1. The number of sulfone groups is 1. The first kappa shape index (κ1) is 18.3. The quantitative estimate of drug-likeness (QED) is 0.422. The van der Waals surface area contributed by atoms with Crippen LogP contribution in [0.1, 0.15) is 5.82 Å². The van der Waals surface area contributed by atoms with E-state index in [1.165, 1.54) is 6.07 Å². The number of benzene rings is 1. The summed E-state index contributed by atoms with van der Waals surface area (Å²) in [6, 6.07) is 3.45. The third kappa shape index (κ3) is 4.50. The standard InChI is InChI=1S/C12H15N3O7S2/c13-10-2-1-8(24(19,20)21)7-9(10)12-14-11(15-22-12)3-5-23(17,18)6-4-16/h1-2,7,16H,3-6,13H2,(H,19,20,21). The number of aryl methyl sites for hydroxylation is 1. The Morgan fingerprint density at radius 3 is 2.50 bits per heavy atom. The molecule has 0 amide bonds. The number of nitrogen functional groups attached to an aromatic ring is 1. The van der Waals surface area contributed by atoms with Crippen molar-refractivity contribution < 1.29 is 31.0 Å². The molecule has 132 valence electrons. The normalized spacial score (nSPS) is 12.4. The van der Waals surface area contributed by atoms with E-state index in [4.69, 9.17) is 19.9 Å². The lowest BCUT2D eigenvalue weighted by Crippen LogP contribution is -2.15. The van der Waals surface area contributed by atoms with Crippen LogP contribution >= 0.6 is 0 Å². The lowest BCUT2D eigenvalue weighted by Gasteiger charge is -2.03. The molecule has 0 saturated heterocycles. The van der Waals surface area contributed by atoms with Gasteiger partial charge >= 0.3 is 0 Å². The maximum absolute atomic E-state index is 11.5. The highest BCUT2D eigenvalue weighted by molar-refractivity contribution is 7.91. The third-order valence-electron chi connectivity index (χ3n) is 3.06. The topological polar surface area (TPSA) is 174 Å². The number of hydrogen-bond acceptors (Lipinski definition) is 9. The SMILES string of the molecule is Nc1ccc(S(=O)(=O)O)cc1-c1nc(CCS(=O)(=O)CCO)no1. The van der Waals surface area contributed by atoms with Gasteiger partial charge in [0.2, 0.25) is 0 Å². The van der Waals surface area contributed by atoms with E-state index in [2.05, 4.69) is 10.1 Å². The zero-order chi connectivity index (χ0) is 18.0. The van der Waals surface area contributed by atoms with E-state index in [1.54, 1.807) is 0 Å². The van der Waals surface area contributed by atoms with Crippen molar-refractivity contribution in [2.45, 2.75) is 11.3 Å². The van der Waals surface area contributed by atoms with Gasteiger partial charge < -0.3 is 15.4 Å². The van der Waals surface area contributed by atoms with Gasteiger partial charge in [0.15, 0.2) is 15.7 Å². The second-order valence-corrected chi connectivity index (χ2v) is 8.59. The molecule has 4 N–H and O–H groups in total. The summed E-state index contributed by atoms with van der Waals surface area (Å²) in [4.78, 5) is 3.57. The average Bonchev–Trinajstić information content (AvgIpc) is 2.93. The number of aromatic nitrogens is 2. The molecule has 10 nitrogen and oxygen atoms in total. The molecule has 1 aromatic heterocycles. The smallest absolute Gasteiger partial charge is 0.294 e. The van der Waals surface area contributed by atoms with Gasteiger partial charge in [-0.1, -0.05) is 5.16 Å². The van der Waals surface area contributed by atoms with E-state index in [9.17, 15) is 16.8 Å². The van der Waals surface area contributed by atoms with Gasteiger partial charge in [0.1, 0.15) is 0 Å². The summed E-state index contributed by atoms with van der Waals surface area (Å²) in [7, 11) is -7.86. The summed E-state index contributed by atoms with van der Waals surface area (Å²) in [5.74, 6) is -0.649. The third-order valence-corrected chi connectivity index (χ3v) is 5.54. The largest absolute Gasteiger partial charge is 0.398 e. The first-order chi connectivity index (χ1) is 11.1. The van der Waals surface area contributed by atoms with Crippen molar-refractivity contribution in [3.05, 3.63) is 24.0 Å². The summed E-state index contributed by atoms with van der Waals surface area (Å²) in [5.41, 5.74) is 5.97. The summed E-state index contributed by atoms with van der Waals surface area (Å²) < 4.78 is 59.4. The molecule has 0 aliphatic carbocycles. The minimum Gasteiger partial charge on any atom is -0.398 e. The van der Waals surface area contributed by atoms with E-state index in [0.717, 1.165) is 12.1 Å². The molecule has 1 heterocycles. The number of nitrogens with two attached hydrogens (primary N) is 1. The van der Waals surface area contributed by atoms with Crippen molar-refractivity contribution in [1.29, 1.82) is 0 Å². The molecule has 0 spiro atoms. The van der Waals surface area contributed by atoms with E-state index in [1.807, 2.05) is 0 Å². The van der Waals surface area contributed by atoms with Crippen LogP contribution in [0, 0.1) is 0 Å². The van der Waals surface area contributed by atoms with E-state index in [0.29, 0.717) is 0 Å². The van der Waals surface area contributed by atoms with Crippen molar-refractivity contribution in [3.63, 3.8) is 0 Å². The first-order valence-corrected chi connectivity index (χ1v) is 9.90. The molecule has 12 heteroatoms. The number of rotatable bonds is 7. The highest BCUT2D eigenvalue weighted by Gasteiger charge is 2.18. The van der Waals surface area contributed by atoms with Gasteiger partial charge in [-0.2, -0.15) is 13.4 Å². The van der Waals surface area contributed by atoms with Gasteiger partial charge in [0.05, 0.1) is 28.6 Å². The summed E-state index contributed by atoms with van der Waals surface area (Å²) in [6.45, 7) is -0.473. The molecule has 1 aromatic carbocycles. The number of nitrogens with zero attached hydrogens (tertiary/aromatic N) is 2. The molecule has 0 fully saturated rings. The molecule has 0 saturated carbocycles. The van der Waals surface area contributed by atoms with Crippen LogP contribution in [0.25, 0.3) is 11.5 Å². The van der Waals surface area contributed by atoms with Gasteiger partial charge in [-0.25, -0.2) is 8.42 Å². The molecule has 0 aliphatic rings. The first-order valence-electron chi connectivity index (χ1n) is 6.63. The molecular formula is C12H15N3O7S2. The fourth-order valence-electron chi connectivity index (χ4n) is 1.83. The molecule has 2 rings (SSSR count). The van der Waals surface area contributed by atoms with Crippen LogP contribution in [0.3, 0.4) is 0 Å². The molecule has 0 radical (unpaired) electrons. The van der Waals surface area contributed by atoms with Crippen LogP contribution in [0.15, 0.2) is 27.6 Å².